The van der Waals surface area contributed by atoms with E-state index in [1.54, 1.807) is 17.3 Å². The fourth-order valence-electron chi connectivity index (χ4n) is 3.98. The number of hydrogen-bond acceptors (Lipinski definition) is 7. The molecule has 204 valence electrons. The van der Waals surface area contributed by atoms with Gasteiger partial charge in [0.05, 0.1) is 25.6 Å². The van der Waals surface area contributed by atoms with Crippen molar-refractivity contribution in [3.05, 3.63) is 45.9 Å². The highest BCUT2D eigenvalue weighted by Crippen LogP contribution is 2.22. The zero-order valence-corrected chi connectivity index (χ0v) is 25.1. The van der Waals surface area contributed by atoms with Crippen LogP contribution in [0.5, 0.6) is 11.5 Å². The van der Waals surface area contributed by atoms with E-state index in [0.717, 1.165) is 66.3 Å². The van der Waals surface area contributed by atoms with Gasteiger partial charge in [-0.1, -0.05) is 0 Å². The Morgan fingerprint density at radius 2 is 1.38 bits per heavy atom. The Balaban J connectivity index is 0.000000220. The molecule has 0 aliphatic carbocycles. The summed E-state index contributed by atoms with van der Waals surface area (Å²) in [7, 11) is 0. The SMILES string of the molecule is Brc1ccc(OCC2CCNCC2)cn1.CC(C)(C)OC(=O)N1CCC(COc2ccc(Br)nc2)CC1. The van der Waals surface area contributed by atoms with Crippen LogP contribution in [0.4, 0.5) is 4.79 Å². The molecule has 2 aromatic heterocycles. The lowest BCUT2D eigenvalue weighted by atomic mass is 9.98. The van der Waals surface area contributed by atoms with Gasteiger partial charge in [-0.25, -0.2) is 14.8 Å². The van der Waals surface area contributed by atoms with Crippen LogP contribution in [0.3, 0.4) is 0 Å². The Morgan fingerprint density at radius 1 is 0.892 bits per heavy atom. The number of carbonyl (C=O) groups excluding carboxylic acids is 1. The predicted octanol–water partition coefficient (Wildman–Crippen LogP) is 6.09. The molecule has 0 aromatic carbocycles. The number of likely N-dealkylation sites (tertiary alicyclic amines) is 1. The number of piperidine rings is 2. The molecule has 2 saturated heterocycles. The summed E-state index contributed by atoms with van der Waals surface area (Å²) in [6, 6.07) is 7.60. The van der Waals surface area contributed by atoms with Gasteiger partial charge in [-0.05, 0) is 128 Å². The number of rotatable bonds is 6. The van der Waals surface area contributed by atoms with Crippen LogP contribution < -0.4 is 14.8 Å². The van der Waals surface area contributed by atoms with Crippen molar-refractivity contribution in [3.8, 4) is 11.5 Å². The van der Waals surface area contributed by atoms with Gasteiger partial charge in [0.15, 0.2) is 0 Å². The number of amides is 1. The number of halogens is 2. The van der Waals surface area contributed by atoms with Gasteiger partial charge < -0.3 is 24.4 Å². The quantitative estimate of drug-likeness (QED) is 0.382. The molecular weight excluding hydrogens is 604 g/mol. The van der Waals surface area contributed by atoms with E-state index in [2.05, 4.69) is 47.1 Å². The van der Waals surface area contributed by atoms with E-state index >= 15 is 0 Å². The Kier molecular flexibility index (Phi) is 11.9. The summed E-state index contributed by atoms with van der Waals surface area (Å²) in [4.78, 5) is 22.0. The first-order valence-corrected chi connectivity index (χ1v) is 14.4. The summed E-state index contributed by atoms with van der Waals surface area (Å²) in [5, 5.41) is 3.35. The van der Waals surface area contributed by atoms with Crippen LogP contribution in [0.25, 0.3) is 0 Å². The van der Waals surface area contributed by atoms with E-state index in [0.29, 0.717) is 18.4 Å². The first kappa shape index (κ1) is 29.6. The third-order valence-electron chi connectivity index (χ3n) is 6.10. The molecule has 2 aliphatic heterocycles. The number of ether oxygens (including phenoxy) is 3. The summed E-state index contributed by atoms with van der Waals surface area (Å²) >= 11 is 6.60. The maximum Gasteiger partial charge on any atom is 0.410 e. The van der Waals surface area contributed by atoms with Gasteiger partial charge in [-0.2, -0.15) is 0 Å². The van der Waals surface area contributed by atoms with Crippen LogP contribution in [0.1, 0.15) is 46.5 Å². The van der Waals surface area contributed by atoms with Gasteiger partial charge in [0.1, 0.15) is 26.3 Å². The smallest absolute Gasteiger partial charge is 0.410 e. The number of hydrogen-bond donors (Lipinski definition) is 1. The zero-order chi connectivity index (χ0) is 26.7. The summed E-state index contributed by atoms with van der Waals surface area (Å²) in [5.41, 5.74) is -0.439. The van der Waals surface area contributed by atoms with E-state index < -0.39 is 5.60 Å². The number of pyridine rings is 2. The lowest BCUT2D eigenvalue weighted by Gasteiger charge is -2.33. The Bertz CT molecular complexity index is 940. The van der Waals surface area contributed by atoms with Gasteiger partial charge in [0, 0.05) is 13.1 Å². The zero-order valence-electron chi connectivity index (χ0n) is 21.9. The second-order valence-corrected chi connectivity index (χ2v) is 12.0. The molecule has 4 rings (SSSR count). The summed E-state index contributed by atoms with van der Waals surface area (Å²) in [6.07, 6.45) is 7.54. The van der Waals surface area contributed by atoms with Crippen LogP contribution in [0.15, 0.2) is 45.9 Å². The standard InChI is InChI=1S/C16H23BrN2O3.C11H15BrN2O/c1-16(2,3)22-15(20)19-8-6-12(7-9-19)11-21-13-4-5-14(17)18-10-13;12-11-2-1-10(7-14-11)15-8-9-3-5-13-6-4-9/h4-5,10,12H,6-9,11H2,1-3H3;1-2,7,9,13H,3-6,8H2. The molecule has 10 heteroatoms. The lowest BCUT2D eigenvalue weighted by Crippen LogP contribution is -2.42. The Morgan fingerprint density at radius 3 is 1.81 bits per heavy atom. The molecule has 1 amide bonds. The first-order chi connectivity index (χ1) is 17.7. The van der Waals surface area contributed by atoms with Crippen LogP contribution in [0, 0.1) is 11.8 Å². The summed E-state index contributed by atoms with van der Waals surface area (Å²) in [6.45, 7) is 10.8. The minimum Gasteiger partial charge on any atom is -0.492 e. The van der Waals surface area contributed by atoms with Crippen molar-refractivity contribution in [1.29, 1.82) is 0 Å². The number of nitrogens with one attached hydrogen (secondary N) is 1. The number of aromatic nitrogens is 2. The molecule has 0 radical (unpaired) electrons. The molecule has 2 aliphatic rings. The molecule has 0 bridgehead atoms. The van der Waals surface area contributed by atoms with Crippen molar-refractivity contribution in [2.24, 2.45) is 11.8 Å². The molecule has 0 saturated carbocycles. The molecule has 2 aromatic rings. The van der Waals surface area contributed by atoms with Crippen molar-refractivity contribution in [3.63, 3.8) is 0 Å². The lowest BCUT2D eigenvalue weighted by molar-refractivity contribution is 0.0165. The van der Waals surface area contributed by atoms with Crippen molar-refractivity contribution in [2.75, 3.05) is 39.4 Å². The molecule has 8 nitrogen and oxygen atoms in total. The minimum atomic E-state index is -0.439. The maximum absolute atomic E-state index is 12.0. The van der Waals surface area contributed by atoms with E-state index in [4.69, 9.17) is 14.2 Å². The third-order valence-corrected chi connectivity index (χ3v) is 7.04. The molecule has 1 N–H and O–H groups in total. The Hall–Kier alpha value is -1.91. The average molecular weight is 642 g/mol. The van der Waals surface area contributed by atoms with Crippen LogP contribution in [-0.4, -0.2) is 66.0 Å². The normalized spacial score (nSPS) is 16.9. The largest absolute Gasteiger partial charge is 0.492 e. The number of carbonyl (C=O) groups is 1. The fourth-order valence-corrected chi connectivity index (χ4v) is 4.45. The van der Waals surface area contributed by atoms with Gasteiger partial charge in [-0.15, -0.1) is 0 Å². The van der Waals surface area contributed by atoms with E-state index in [-0.39, 0.29) is 6.09 Å². The fraction of sp³-hybridized carbons (Fsp3) is 0.593. The summed E-state index contributed by atoms with van der Waals surface area (Å²) < 4.78 is 18.5. The first-order valence-electron chi connectivity index (χ1n) is 12.9. The second kappa shape index (κ2) is 14.9. The van der Waals surface area contributed by atoms with Crippen LogP contribution in [0.2, 0.25) is 0 Å². The minimum absolute atomic E-state index is 0.219. The van der Waals surface area contributed by atoms with Crippen molar-refractivity contribution >= 4 is 38.0 Å². The highest BCUT2D eigenvalue weighted by Gasteiger charge is 2.27. The monoisotopic (exact) mass is 640 g/mol. The van der Waals surface area contributed by atoms with E-state index in [1.165, 1.54) is 12.8 Å². The molecule has 0 atom stereocenters. The molecule has 37 heavy (non-hydrogen) atoms. The molecule has 2 fully saturated rings. The Labute approximate surface area is 237 Å². The highest BCUT2D eigenvalue weighted by molar-refractivity contribution is 9.10. The average Bonchev–Trinajstić information content (AvgIpc) is 2.88. The third kappa shape index (κ3) is 11.6. The van der Waals surface area contributed by atoms with Crippen molar-refractivity contribution < 1.29 is 19.0 Å². The van der Waals surface area contributed by atoms with Gasteiger partial charge in [-0.3, -0.25) is 0 Å². The predicted molar refractivity (Wildman–Crippen MR) is 151 cm³/mol. The molecule has 0 spiro atoms. The van der Waals surface area contributed by atoms with Gasteiger partial charge in [0.25, 0.3) is 0 Å². The van der Waals surface area contributed by atoms with Crippen molar-refractivity contribution in [2.45, 2.75) is 52.1 Å². The topological polar surface area (TPSA) is 85.8 Å². The maximum atomic E-state index is 12.0. The molecular formula is C27H38Br2N4O4. The highest BCUT2D eigenvalue weighted by atomic mass is 79.9. The number of nitrogens with zero attached hydrogens (tertiary/aromatic N) is 3. The van der Waals surface area contributed by atoms with Crippen molar-refractivity contribution in [1.82, 2.24) is 20.2 Å². The van der Waals surface area contributed by atoms with Gasteiger partial charge in [0.2, 0.25) is 0 Å². The summed E-state index contributed by atoms with van der Waals surface area (Å²) in [5.74, 6) is 2.78. The van der Waals surface area contributed by atoms with Crippen LogP contribution >= 0.6 is 31.9 Å². The van der Waals surface area contributed by atoms with E-state index in [1.807, 2.05) is 45.0 Å². The second-order valence-electron chi connectivity index (χ2n) is 10.4. The van der Waals surface area contributed by atoms with Gasteiger partial charge >= 0.3 is 6.09 Å². The molecule has 0 unspecified atom stereocenters. The van der Waals surface area contributed by atoms with E-state index in [9.17, 15) is 4.79 Å². The van der Waals surface area contributed by atoms with Crippen LogP contribution in [-0.2, 0) is 4.74 Å². The molecule has 4 heterocycles.